The Balaban J connectivity index is 1.67. The molecule has 2 aromatic carbocycles. The number of carbonyl (C=O) groups is 1. The van der Waals surface area contributed by atoms with Crippen molar-refractivity contribution in [2.24, 2.45) is 5.92 Å². The van der Waals surface area contributed by atoms with E-state index in [-0.39, 0.29) is 35.8 Å². The molecule has 1 amide bonds. The third-order valence-corrected chi connectivity index (χ3v) is 6.70. The Hall–Kier alpha value is -2.38. The van der Waals surface area contributed by atoms with Crippen LogP contribution in [0.4, 0.5) is 5.69 Å². The quantitative estimate of drug-likeness (QED) is 0.581. The van der Waals surface area contributed by atoms with Gasteiger partial charge in [0.25, 0.3) is 0 Å². The van der Waals surface area contributed by atoms with Crippen LogP contribution in [0.25, 0.3) is 0 Å². The highest BCUT2D eigenvalue weighted by Crippen LogP contribution is 2.49. The van der Waals surface area contributed by atoms with E-state index in [9.17, 15) is 18.3 Å². The molecule has 3 N–H and O–H groups in total. The van der Waals surface area contributed by atoms with Crippen LogP contribution in [0.15, 0.2) is 36.4 Å². The summed E-state index contributed by atoms with van der Waals surface area (Å²) in [7, 11) is -3.34. The van der Waals surface area contributed by atoms with Crippen molar-refractivity contribution in [1.82, 2.24) is 5.32 Å². The number of sulfonamides is 1. The van der Waals surface area contributed by atoms with E-state index in [1.54, 1.807) is 6.07 Å². The summed E-state index contributed by atoms with van der Waals surface area (Å²) < 4.78 is 25.4. The smallest absolute Gasteiger partial charge is 0.229 e. The Morgan fingerprint density at radius 3 is 2.44 bits per heavy atom. The fourth-order valence-electron chi connectivity index (χ4n) is 4.07. The number of aryl methyl sites for hydroxylation is 1. The van der Waals surface area contributed by atoms with Gasteiger partial charge in [0, 0.05) is 5.92 Å². The summed E-state index contributed by atoms with van der Waals surface area (Å²) in [5, 5.41) is 13.0. The molecule has 1 fully saturated rings. The van der Waals surface area contributed by atoms with Crippen LogP contribution >= 0.6 is 0 Å². The molecule has 32 heavy (non-hydrogen) atoms. The Bertz CT molecular complexity index is 1120. The van der Waals surface area contributed by atoms with Crippen LogP contribution < -0.4 is 10.0 Å². The second-order valence-corrected chi connectivity index (χ2v) is 11.7. The van der Waals surface area contributed by atoms with Crippen LogP contribution in [0.3, 0.4) is 0 Å². The minimum absolute atomic E-state index is 0.00211. The molecule has 0 radical (unpaired) electrons. The molecular weight excluding hydrogens is 424 g/mol. The van der Waals surface area contributed by atoms with Crippen molar-refractivity contribution in [1.29, 1.82) is 0 Å². The Morgan fingerprint density at radius 1 is 1.19 bits per heavy atom. The lowest BCUT2D eigenvalue weighted by Gasteiger charge is -2.21. The number of benzene rings is 2. The number of nitrogens with one attached hydrogen (secondary N) is 2. The molecule has 2 aromatic rings. The molecule has 3 rings (SSSR count). The monoisotopic (exact) mass is 458 g/mol. The first kappa shape index (κ1) is 24.3. The van der Waals surface area contributed by atoms with Crippen LogP contribution in [-0.2, 0) is 26.8 Å². The number of amides is 1. The van der Waals surface area contributed by atoms with Gasteiger partial charge in [0.2, 0.25) is 15.9 Å². The van der Waals surface area contributed by atoms with Gasteiger partial charge in [0.15, 0.2) is 0 Å². The van der Waals surface area contributed by atoms with Crippen molar-refractivity contribution in [3.63, 3.8) is 0 Å². The van der Waals surface area contributed by atoms with E-state index in [0.717, 1.165) is 34.9 Å². The molecule has 7 heteroatoms. The first-order chi connectivity index (χ1) is 14.8. The zero-order valence-corrected chi connectivity index (χ0v) is 20.5. The Kier molecular flexibility index (Phi) is 6.72. The van der Waals surface area contributed by atoms with Crippen molar-refractivity contribution in [3.05, 3.63) is 64.2 Å². The van der Waals surface area contributed by atoms with Crippen LogP contribution in [0.2, 0.25) is 0 Å². The minimum atomic E-state index is -3.34. The predicted molar refractivity (Wildman–Crippen MR) is 128 cm³/mol. The van der Waals surface area contributed by atoms with Crippen molar-refractivity contribution < 1.29 is 18.3 Å². The summed E-state index contributed by atoms with van der Waals surface area (Å²) in [6.45, 7) is 10.1. The average molecular weight is 459 g/mol. The molecule has 6 nitrogen and oxygen atoms in total. The lowest BCUT2D eigenvalue weighted by atomic mass is 9.84. The van der Waals surface area contributed by atoms with Gasteiger partial charge in [-0.3, -0.25) is 9.52 Å². The van der Waals surface area contributed by atoms with Gasteiger partial charge in [0.05, 0.1) is 24.6 Å². The molecule has 0 saturated heterocycles. The first-order valence-electron chi connectivity index (χ1n) is 10.9. The highest BCUT2D eigenvalue weighted by atomic mass is 32.2. The largest absolute Gasteiger partial charge is 0.392 e. The molecule has 174 valence electrons. The number of hydrogen-bond donors (Lipinski definition) is 3. The average Bonchev–Trinajstić information content (AvgIpc) is 3.48. The van der Waals surface area contributed by atoms with Crippen LogP contribution in [0.5, 0.6) is 0 Å². The topological polar surface area (TPSA) is 95.5 Å². The molecule has 0 aliphatic heterocycles. The Labute approximate surface area is 191 Å². The second kappa shape index (κ2) is 8.87. The van der Waals surface area contributed by atoms with Gasteiger partial charge in [-0.05, 0) is 65.5 Å². The number of aliphatic hydroxyl groups is 1. The second-order valence-electron chi connectivity index (χ2n) is 9.95. The maximum Gasteiger partial charge on any atom is 0.229 e. The fourth-order valence-corrected chi connectivity index (χ4v) is 4.70. The summed E-state index contributed by atoms with van der Waals surface area (Å²) in [5.41, 5.74) is 5.37. The molecule has 0 spiro atoms. The number of rotatable bonds is 7. The summed E-state index contributed by atoms with van der Waals surface area (Å²) in [6, 6.07) is 11.4. The van der Waals surface area contributed by atoms with Crippen molar-refractivity contribution in [2.75, 3.05) is 11.0 Å². The van der Waals surface area contributed by atoms with E-state index in [1.807, 2.05) is 26.0 Å². The van der Waals surface area contributed by atoms with E-state index in [1.165, 1.54) is 5.56 Å². The highest BCUT2D eigenvalue weighted by Gasteiger charge is 2.45. The third kappa shape index (κ3) is 5.70. The predicted octanol–water partition coefficient (Wildman–Crippen LogP) is 4.14. The third-order valence-electron chi connectivity index (χ3n) is 6.11. The normalized spacial score (nSPS) is 19.3. The van der Waals surface area contributed by atoms with Gasteiger partial charge >= 0.3 is 0 Å². The molecule has 1 saturated carbocycles. The van der Waals surface area contributed by atoms with Gasteiger partial charge in [-0.1, -0.05) is 51.1 Å². The van der Waals surface area contributed by atoms with Gasteiger partial charge < -0.3 is 10.4 Å². The molecule has 0 bridgehead atoms. The van der Waals surface area contributed by atoms with Crippen LogP contribution in [0, 0.1) is 12.8 Å². The van der Waals surface area contributed by atoms with E-state index >= 15 is 0 Å². The van der Waals surface area contributed by atoms with Gasteiger partial charge in [0.1, 0.15) is 0 Å². The van der Waals surface area contributed by atoms with Gasteiger partial charge in [-0.15, -0.1) is 0 Å². The van der Waals surface area contributed by atoms with Crippen molar-refractivity contribution in [2.45, 2.75) is 65.0 Å². The zero-order chi connectivity index (χ0) is 23.8. The molecule has 3 atom stereocenters. The fraction of sp³-hybridized carbons (Fsp3) is 0.480. The van der Waals surface area contributed by atoms with E-state index in [4.69, 9.17) is 0 Å². The van der Waals surface area contributed by atoms with Gasteiger partial charge in [-0.2, -0.15) is 0 Å². The van der Waals surface area contributed by atoms with Crippen molar-refractivity contribution >= 4 is 21.6 Å². The number of hydrogen-bond acceptors (Lipinski definition) is 4. The standard InChI is InChI=1S/C25H34N2O4S/c1-15-11-17(7-10-23(15)27-32(6,30)31)16(2)26-24(29)22-13-21(22)20-9-8-19(25(3,4)5)12-18(20)14-28/h7-12,16,21-22,27-28H,13-14H2,1-6H3,(H,26,29)/t16?,21?,22-/m1/s1. The maximum absolute atomic E-state index is 12.9. The van der Waals surface area contributed by atoms with E-state index in [2.05, 4.69) is 49.0 Å². The molecule has 2 unspecified atom stereocenters. The van der Waals surface area contributed by atoms with Crippen LogP contribution in [-0.4, -0.2) is 25.7 Å². The first-order valence-corrected chi connectivity index (χ1v) is 12.8. The number of carbonyl (C=O) groups excluding carboxylic acids is 1. The summed E-state index contributed by atoms with van der Waals surface area (Å²) in [5.74, 6) is 0.0271. The number of anilines is 1. The van der Waals surface area contributed by atoms with Crippen molar-refractivity contribution in [3.8, 4) is 0 Å². The number of aliphatic hydroxyl groups excluding tert-OH is 1. The molecule has 0 aromatic heterocycles. The summed E-state index contributed by atoms with van der Waals surface area (Å²) >= 11 is 0. The molecule has 1 aliphatic carbocycles. The summed E-state index contributed by atoms with van der Waals surface area (Å²) in [4.78, 5) is 12.9. The van der Waals surface area contributed by atoms with Gasteiger partial charge in [-0.25, -0.2) is 8.42 Å². The molecule has 1 aliphatic rings. The zero-order valence-electron chi connectivity index (χ0n) is 19.7. The van der Waals surface area contributed by atoms with Crippen LogP contribution in [0.1, 0.15) is 73.9 Å². The lowest BCUT2D eigenvalue weighted by molar-refractivity contribution is -0.123. The maximum atomic E-state index is 12.9. The SMILES string of the molecule is Cc1cc(C(C)NC(=O)[C@@H]2CC2c2ccc(C(C)(C)C)cc2CO)ccc1NS(C)(=O)=O. The summed E-state index contributed by atoms with van der Waals surface area (Å²) in [6.07, 6.45) is 1.89. The lowest BCUT2D eigenvalue weighted by Crippen LogP contribution is -2.28. The van der Waals surface area contributed by atoms with E-state index in [0.29, 0.717) is 5.69 Å². The highest BCUT2D eigenvalue weighted by molar-refractivity contribution is 7.92. The van der Waals surface area contributed by atoms with E-state index < -0.39 is 10.0 Å². The molecular formula is C25H34N2O4S. The Morgan fingerprint density at radius 2 is 1.88 bits per heavy atom. The molecule has 0 heterocycles. The minimum Gasteiger partial charge on any atom is -0.392 e.